The molecule has 4 aromatic rings. The zero-order valence-electron chi connectivity index (χ0n) is 18.4. The molecule has 1 aliphatic heterocycles. The predicted octanol–water partition coefficient (Wildman–Crippen LogP) is 6.61. The van der Waals surface area contributed by atoms with Gasteiger partial charge in [-0.25, -0.2) is 14.4 Å². The lowest BCUT2D eigenvalue weighted by molar-refractivity contribution is -0.140. The predicted molar refractivity (Wildman–Crippen MR) is 132 cm³/mol. The van der Waals surface area contributed by atoms with Gasteiger partial charge in [-0.3, -0.25) is 0 Å². The first-order valence-electron chi connectivity index (χ1n) is 10.5. The summed E-state index contributed by atoms with van der Waals surface area (Å²) in [5.41, 5.74) is 10.9. The first-order chi connectivity index (χ1) is 16.0. The molecular weight excluding hydrogens is 490 g/mol. The van der Waals surface area contributed by atoms with Crippen LogP contribution in [-0.2, 0) is 6.18 Å². The molecule has 0 bridgehead atoms. The van der Waals surface area contributed by atoms with Gasteiger partial charge in [0.05, 0.1) is 15.7 Å². The van der Waals surface area contributed by atoms with Crippen LogP contribution in [0.3, 0.4) is 0 Å². The maximum Gasteiger partial charge on any atom is 0.433 e. The molecular formula is C23H24ClF4N5S. The molecule has 1 saturated heterocycles. The number of rotatable bonds is 0. The lowest BCUT2D eigenvalue weighted by Gasteiger charge is -2.20. The third kappa shape index (κ3) is 7.15. The number of alkyl halides is 3. The van der Waals surface area contributed by atoms with E-state index in [4.69, 9.17) is 23.1 Å². The monoisotopic (exact) mass is 513 g/mol. The van der Waals surface area contributed by atoms with Gasteiger partial charge in [0, 0.05) is 16.1 Å². The maximum atomic E-state index is 12.6. The number of nitrogens with two attached hydrogens (primary N) is 2. The molecule has 2 aromatic heterocycles. The highest BCUT2D eigenvalue weighted by Gasteiger charge is 2.33. The molecule has 1 fully saturated rings. The molecule has 2 aromatic carbocycles. The number of aromatic nitrogens is 2. The first-order valence-corrected chi connectivity index (χ1v) is 11.7. The zero-order chi connectivity index (χ0) is 24.9. The van der Waals surface area contributed by atoms with E-state index in [2.05, 4.69) is 21.9 Å². The van der Waals surface area contributed by atoms with Gasteiger partial charge in [0.2, 0.25) is 0 Å². The third-order valence-corrected chi connectivity index (χ3v) is 6.12. The highest BCUT2D eigenvalue weighted by Crippen LogP contribution is 2.32. The SMILES string of the molecule is CN1CCCCC1.Nc1cc(C(F)(F)F)nc2ccc(Cl)cc12.Nc1nc2ccc(F)cc2s1. The van der Waals surface area contributed by atoms with Gasteiger partial charge in [-0.1, -0.05) is 29.4 Å². The summed E-state index contributed by atoms with van der Waals surface area (Å²) in [6.07, 6.45) is -0.223. The van der Waals surface area contributed by atoms with Gasteiger partial charge in [-0.05, 0) is 75.4 Å². The number of halogens is 5. The molecule has 0 amide bonds. The second-order valence-electron chi connectivity index (χ2n) is 7.78. The Morgan fingerprint density at radius 2 is 1.62 bits per heavy atom. The van der Waals surface area contributed by atoms with Crippen LogP contribution < -0.4 is 11.5 Å². The Labute approximate surface area is 203 Å². The van der Waals surface area contributed by atoms with Gasteiger partial charge >= 0.3 is 6.18 Å². The van der Waals surface area contributed by atoms with Crippen LogP contribution in [0, 0.1) is 5.82 Å². The fourth-order valence-corrected chi connectivity index (χ4v) is 4.27. The molecule has 3 heterocycles. The minimum absolute atomic E-state index is 0.0137. The van der Waals surface area contributed by atoms with Crippen LogP contribution in [-0.4, -0.2) is 35.0 Å². The smallest absolute Gasteiger partial charge is 0.398 e. The van der Waals surface area contributed by atoms with Crippen LogP contribution >= 0.6 is 22.9 Å². The van der Waals surface area contributed by atoms with Gasteiger partial charge in [-0.15, -0.1) is 0 Å². The topological polar surface area (TPSA) is 81.1 Å². The van der Waals surface area contributed by atoms with Gasteiger partial charge < -0.3 is 16.4 Å². The molecule has 5 nitrogen and oxygen atoms in total. The number of anilines is 2. The average molecular weight is 514 g/mol. The standard InChI is InChI=1S/C10H6ClF3N2.C7H5FN2S.C6H13N/c11-5-1-2-8-6(3-5)7(15)4-9(16-8)10(12,13)14;8-4-1-2-5-6(3-4)11-7(9)10-5;1-7-5-3-2-4-6-7/h1-4H,(H2,15,16);1-3H,(H2,9,10);2-6H2,1H3. The number of fused-ring (bicyclic) bond motifs is 2. The number of pyridine rings is 1. The van der Waals surface area contributed by atoms with E-state index < -0.39 is 11.9 Å². The van der Waals surface area contributed by atoms with Gasteiger partial charge in [0.15, 0.2) is 5.13 Å². The number of nitrogen functional groups attached to an aromatic ring is 2. The number of likely N-dealkylation sites (tertiary alicyclic amines) is 1. The Morgan fingerprint density at radius 1 is 0.941 bits per heavy atom. The van der Waals surface area contributed by atoms with Crippen molar-refractivity contribution in [2.75, 3.05) is 31.6 Å². The van der Waals surface area contributed by atoms with Crippen molar-refractivity contribution in [1.82, 2.24) is 14.9 Å². The summed E-state index contributed by atoms with van der Waals surface area (Å²) in [6.45, 7) is 2.64. The quantitative estimate of drug-likeness (QED) is 0.259. The van der Waals surface area contributed by atoms with E-state index in [0.717, 1.165) is 16.3 Å². The number of piperidine rings is 1. The van der Waals surface area contributed by atoms with Crippen LogP contribution in [0.1, 0.15) is 25.0 Å². The van der Waals surface area contributed by atoms with Crippen LogP contribution in [0.4, 0.5) is 28.4 Å². The summed E-state index contributed by atoms with van der Waals surface area (Å²) in [5.74, 6) is -0.249. The summed E-state index contributed by atoms with van der Waals surface area (Å²) in [5, 5.41) is 1.30. The van der Waals surface area contributed by atoms with Crippen LogP contribution in [0.25, 0.3) is 21.1 Å². The minimum Gasteiger partial charge on any atom is -0.398 e. The lowest BCUT2D eigenvalue weighted by atomic mass is 10.1. The molecule has 182 valence electrons. The maximum absolute atomic E-state index is 12.6. The summed E-state index contributed by atoms with van der Waals surface area (Å²) < 4.78 is 50.7. The van der Waals surface area contributed by atoms with E-state index in [1.807, 2.05) is 0 Å². The lowest BCUT2D eigenvalue weighted by Crippen LogP contribution is -2.24. The average Bonchev–Trinajstić information content (AvgIpc) is 3.14. The molecule has 11 heteroatoms. The van der Waals surface area contributed by atoms with Crippen molar-refractivity contribution in [3.63, 3.8) is 0 Å². The number of hydrogen-bond donors (Lipinski definition) is 2. The van der Waals surface area contributed by atoms with Crippen molar-refractivity contribution < 1.29 is 17.6 Å². The van der Waals surface area contributed by atoms with E-state index >= 15 is 0 Å². The van der Waals surface area contributed by atoms with E-state index in [9.17, 15) is 17.6 Å². The summed E-state index contributed by atoms with van der Waals surface area (Å²) in [7, 11) is 2.19. The fourth-order valence-electron chi connectivity index (χ4n) is 3.34. The van der Waals surface area contributed by atoms with Gasteiger partial charge in [0.25, 0.3) is 0 Å². The molecule has 1 aliphatic rings. The Morgan fingerprint density at radius 3 is 2.24 bits per heavy atom. The van der Waals surface area contributed by atoms with Gasteiger partial charge in [0.1, 0.15) is 11.5 Å². The Balaban J connectivity index is 0.000000155. The van der Waals surface area contributed by atoms with Crippen molar-refractivity contribution in [2.24, 2.45) is 0 Å². The summed E-state index contributed by atoms with van der Waals surface area (Å²) >= 11 is 7.01. The Kier molecular flexibility index (Phi) is 8.51. The first kappa shape index (κ1) is 25.9. The number of benzene rings is 2. The molecule has 0 unspecified atom stereocenters. The molecule has 5 rings (SSSR count). The molecule has 0 aliphatic carbocycles. The van der Waals surface area contributed by atoms with Crippen molar-refractivity contribution in [3.8, 4) is 0 Å². The van der Waals surface area contributed by atoms with E-state index in [-0.39, 0.29) is 17.0 Å². The molecule has 0 radical (unpaired) electrons. The van der Waals surface area contributed by atoms with E-state index in [1.54, 1.807) is 6.07 Å². The Hall–Kier alpha value is -2.69. The molecule has 4 N–H and O–H groups in total. The van der Waals surface area contributed by atoms with Gasteiger partial charge in [-0.2, -0.15) is 13.2 Å². The zero-order valence-corrected chi connectivity index (χ0v) is 19.9. The molecule has 34 heavy (non-hydrogen) atoms. The van der Waals surface area contributed by atoms with Crippen LogP contribution in [0.15, 0.2) is 42.5 Å². The molecule has 0 spiro atoms. The third-order valence-electron chi connectivity index (χ3n) is 5.04. The highest BCUT2D eigenvalue weighted by molar-refractivity contribution is 7.22. The molecule has 0 atom stereocenters. The number of thiazole rings is 1. The van der Waals surface area contributed by atoms with Crippen LogP contribution in [0.5, 0.6) is 0 Å². The van der Waals surface area contributed by atoms with E-state index in [0.29, 0.717) is 15.5 Å². The van der Waals surface area contributed by atoms with Crippen molar-refractivity contribution in [1.29, 1.82) is 0 Å². The second kappa shape index (κ2) is 11.2. The number of nitrogens with zero attached hydrogens (tertiary/aromatic N) is 3. The normalized spacial score (nSPS) is 14.3. The highest BCUT2D eigenvalue weighted by atomic mass is 35.5. The minimum atomic E-state index is -4.50. The van der Waals surface area contributed by atoms with E-state index in [1.165, 1.54) is 74.0 Å². The van der Waals surface area contributed by atoms with Crippen molar-refractivity contribution >= 4 is 54.9 Å². The molecule has 0 saturated carbocycles. The Bertz CT molecular complexity index is 1260. The fraction of sp³-hybridized carbons (Fsp3) is 0.304. The number of hydrogen-bond acceptors (Lipinski definition) is 6. The largest absolute Gasteiger partial charge is 0.433 e. The van der Waals surface area contributed by atoms with Crippen molar-refractivity contribution in [3.05, 3.63) is 59.0 Å². The second-order valence-corrected chi connectivity index (χ2v) is 9.28. The summed E-state index contributed by atoms with van der Waals surface area (Å²) in [6, 6.07) is 9.60. The van der Waals surface area contributed by atoms with Crippen LogP contribution in [0.2, 0.25) is 5.02 Å². The van der Waals surface area contributed by atoms with Crippen molar-refractivity contribution in [2.45, 2.75) is 25.4 Å². The summed E-state index contributed by atoms with van der Waals surface area (Å²) in [4.78, 5) is 9.86.